The van der Waals surface area contributed by atoms with Crippen molar-refractivity contribution in [1.82, 2.24) is 19.5 Å². The van der Waals surface area contributed by atoms with Gasteiger partial charge in [-0.25, -0.2) is 15.0 Å². The molecule has 0 spiro atoms. The lowest BCUT2D eigenvalue weighted by Crippen LogP contribution is -2.44. The molecule has 162 valence electrons. The van der Waals surface area contributed by atoms with Crippen molar-refractivity contribution >= 4 is 43.5 Å². The van der Waals surface area contributed by atoms with E-state index in [1.807, 2.05) is 23.8 Å². The molecular formula is C22H26N6O2S. The third kappa shape index (κ3) is 3.62. The van der Waals surface area contributed by atoms with Crippen molar-refractivity contribution in [3.63, 3.8) is 0 Å². The Labute approximate surface area is 183 Å². The van der Waals surface area contributed by atoms with Gasteiger partial charge in [0.05, 0.1) is 27.7 Å². The third-order valence-corrected chi connectivity index (χ3v) is 7.44. The lowest BCUT2D eigenvalue weighted by atomic mass is 9.68. The number of fused-ring (bicyclic) bond motifs is 2. The number of hydrogen-bond donors (Lipinski definition) is 4. The molecule has 0 radical (unpaired) electrons. The van der Waals surface area contributed by atoms with Gasteiger partial charge in [-0.2, -0.15) is 0 Å². The molecule has 1 aromatic carbocycles. The smallest absolute Gasteiger partial charge is 0.181 e. The summed E-state index contributed by atoms with van der Waals surface area (Å²) in [4.78, 5) is 12.7. The van der Waals surface area contributed by atoms with Crippen molar-refractivity contribution in [2.75, 3.05) is 11.5 Å². The summed E-state index contributed by atoms with van der Waals surface area (Å²) in [5.41, 5.74) is 14.6. The van der Waals surface area contributed by atoms with Crippen LogP contribution in [0.25, 0.3) is 21.3 Å². The van der Waals surface area contributed by atoms with Gasteiger partial charge < -0.3 is 26.2 Å². The van der Waals surface area contributed by atoms with Crippen molar-refractivity contribution in [2.24, 2.45) is 11.8 Å². The zero-order valence-electron chi connectivity index (χ0n) is 17.2. The van der Waals surface area contributed by atoms with Crippen molar-refractivity contribution in [3.05, 3.63) is 42.4 Å². The molecule has 0 saturated heterocycles. The first kappa shape index (κ1) is 20.2. The lowest BCUT2D eigenvalue weighted by Gasteiger charge is -2.41. The maximum absolute atomic E-state index is 10.9. The van der Waals surface area contributed by atoms with Gasteiger partial charge >= 0.3 is 0 Å². The summed E-state index contributed by atoms with van der Waals surface area (Å²) >= 11 is 1.50. The fourth-order valence-corrected chi connectivity index (χ4v) is 5.45. The average Bonchev–Trinajstić information content (AvgIpc) is 3.31. The van der Waals surface area contributed by atoms with Crippen molar-refractivity contribution in [2.45, 2.75) is 44.4 Å². The van der Waals surface area contributed by atoms with Gasteiger partial charge in [0.25, 0.3) is 0 Å². The largest absolute Gasteiger partial charge is 0.390 e. The highest BCUT2D eigenvalue weighted by molar-refractivity contribution is 7.22. The van der Waals surface area contributed by atoms with E-state index < -0.39 is 12.2 Å². The number of thiazole rings is 1. The fourth-order valence-electron chi connectivity index (χ4n) is 4.73. The number of nitrogens with zero attached hydrogens (tertiary/aromatic N) is 4. The molecule has 0 bridgehead atoms. The Morgan fingerprint density at radius 2 is 2.00 bits per heavy atom. The predicted molar refractivity (Wildman–Crippen MR) is 123 cm³/mol. The van der Waals surface area contributed by atoms with Gasteiger partial charge in [0.2, 0.25) is 0 Å². The second-order valence-corrected chi connectivity index (χ2v) is 9.66. The zero-order chi connectivity index (χ0) is 21.7. The Bertz CT molecular complexity index is 1230. The minimum absolute atomic E-state index is 0.0858. The van der Waals surface area contributed by atoms with E-state index in [2.05, 4.69) is 33.2 Å². The Hall–Kier alpha value is -2.75. The van der Waals surface area contributed by atoms with E-state index in [1.165, 1.54) is 23.2 Å². The van der Waals surface area contributed by atoms with E-state index in [4.69, 9.17) is 11.5 Å². The van der Waals surface area contributed by atoms with Crippen LogP contribution in [0.1, 0.15) is 31.4 Å². The Morgan fingerprint density at radius 3 is 2.81 bits per heavy atom. The molecule has 8 nitrogen and oxygen atoms in total. The lowest BCUT2D eigenvalue weighted by molar-refractivity contribution is -0.0723. The molecule has 0 unspecified atom stereocenters. The average molecular weight is 439 g/mol. The van der Waals surface area contributed by atoms with Crippen LogP contribution in [-0.4, -0.2) is 41.9 Å². The molecule has 0 amide bonds. The molecule has 4 aromatic rings. The van der Waals surface area contributed by atoms with E-state index >= 15 is 0 Å². The quantitative estimate of drug-likeness (QED) is 0.363. The SMILES string of the molecule is C[C@H]([C@H](O)[C@H](O)C1CC(Cc2ccc3sc(N)nc3c2)C1)n1ccc2c(N)ncnc21. The number of anilines is 2. The number of aromatic nitrogens is 4. The molecular weight excluding hydrogens is 412 g/mol. The van der Waals surface area contributed by atoms with Crippen LogP contribution < -0.4 is 11.5 Å². The first-order valence-corrected chi connectivity index (χ1v) is 11.3. The first-order chi connectivity index (χ1) is 14.9. The Kier molecular flexibility index (Phi) is 5.04. The van der Waals surface area contributed by atoms with E-state index in [0.717, 1.165) is 34.9 Å². The second-order valence-electron chi connectivity index (χ2n) is 8.60. The van der Waals surface area contributed by atoms with Crippen LogP contribution in [0.4, 0.5) is 10.9 Å². The molecule has 3 aromatic heterocycles. The van der Waals surface area contributed by atoms with Gasteiger partial charge in [-0.3, -0.25) is 0 Å². The van der Waals surface area contributed by atoms with Crippen molar-refractivity contribution in [3.8, 4) is 0 Å². The minimum Gasteiger partial charge on any atom is -0.390 e. The standard InChI is InChI=1S/C22H26N6O2S/c1-11(28-5-4-15-20(23)25-10-26-21(15)28)18(29)19(30)14-7-13(8-14)6-12-2-3-17-16(9-12)27-22(24)31-17/h2-5,9-11,13-14,18-19,29-30H,6-8H2,1H3,(H2,24,27)(H2,23,25,26)/t11-,13?,14?,18+,19-/m1/s1. The normalized spacial score (nSPS) is 21.8. The first-order valence-electron chi connectivity index (χ1n) is 10.5. The molecule has 31 heavy (non-hydrogen) atoms. The molecule has 1 fully saturated rings. The summed E-state index contributed by atoms with van der Waals surface area (Å²) in [7, 11) is 0. The molecule has 1 aliphatic carbocycles. The van der Waals surface area contributed by atoms with Crippen LogP contribution in [0.2, 0.25) is 0 Å². The van der Waals surface area contributed by atoms with Gasteiger partial charge in [0.1, 0.15) is 23.9 Å². The number of rotatable bonds is 6. The molecule has 0 aliphatic heterocycles. The predicted octanol–water partition coefficient (Wildman–Crippen LogP) is 2.76. The molecule has 3 heterocycles. The number of aliphatic hydroxyl groups excluding tert-OH is 2. The number of benzene rings is 1. The Balaban J connectivity index is 1.21. The summed E-state index contributed by atoms with van der Waals surface area (Å²) in [5, 5.41) is 23.0. The summed E-state index contributed by atoms with van der Waals surface area (Å²) < 4.78 is 2.96. The molecule has 3 atom stereocenters. The van der Waals surface area contributed by atoms with Crippen LogP contribution in [0.15, 0.2) is 36.8 Å². The third-order valence-electron chi connectivity index (χ3n) is 6.57. The topological polar surface area (TPSA) is 136 Å². The van der Waals surface area contributed by atoms with Crippen LogP contribution in [0.3, 0.4) is 0 Å². The Morgan fingerprint density at radius 1 is 1.19 bits per heavy atom. The highest BCUT2D eigenvalue weighted by Gasteiger charge is 2.39. The molecule has 1 saturated carbocycles. The van der Waals surface area contributed by atoms with Gasteiger partial charge in [0.15, 0.2) is 5.13 Å². The van der Waals surface area contributed by atoms with E-state index in [0.29, 0.717) is 22.5 Å². The summed E-state index contributed by atoms with van der Waals surface area (Å²) in [5.74, 6) is 0.990. The molecule has 6 N–H and O–H groups in total. The second kappa shape index (κ2) is 7.74. The minimum atomic E-state index is -0.896. The summed E-state index contributed by atoms with van der Waals surface area (Å²) in [6, 6.07) is 7.82. The molecule has 1 aliphatic rings. The number of aliphatic hydroxyl groups is 2. The van der Waals surface area contributed by atoms with Crippen LogP contribution in [-0.2, 0) is 6.42 Å². The number of nitrogen functional groups attached to an aromatic ring is 2. The molecule has 9 heteroatoms. The van der Waals surface area contributed by atoms with E-state index in [1.54, 1.807) is 0 Å². The number of nitrogens with two attached hydrogens (primary N) is 2. The highest BCUT2D eigenvalue weighted by atomic mass is 32.1. The summed E-state index contributed by atoms with van der Waals surface area (Å²) in [6.45, 7) is 1.89. The van der Waals surface area contributed by atoms with Crippen LogP contribution >= 0.6 is 11.3 Å². The maximum Gasteiger partial charge on any atom is 0.181 e. The maximum atomic E-state index is 10.9. The van der Waals surface area contributed by atoms with E-state index in [-0.39, 0.29) is 12.0 Å². The monoisotopic (exact) mass is 438 g/mol. The highest BCUT2D eigenvalue weighted by Crippen LogP contribution is 2.41. The van der Waals surface area contributed by atoms with Crippen molar-refractivity contribution < 1.29 is 10.2 Å². The summed E-state index contributed by atoms with van der Waals surface area (Å²) in [6.07, 6.45) is 4.29. The number of hydrogen-bond acceptors (Lipinski definition) is 8. The van der Waals surface area contributed by atoms with Crippen LogP contribution in [0, 0.1) is 11.8 Å². The molecule has 5 rings (SSSR count). The van der Waals surface area contributed by atoms with E-state index in [9.17, 15) is 10.2 Å². The van der Waals surface area contributed by atoms with Gasteiger partial charge in [-0.1, -0.05) is 17.4 Å². The van der Waals surface area contributed by atoms with Crippen LogP contribution in [0.5, 0.6) is 0 Å². The van der Waals surface area contributed by atoms with Gasteiger partial charge in [0, 0.05) is 6.20 Å². The fraction of sp³-hybridized carbons (Fsp3) is 0.409. The van der Waals surface area contributed by atoms with Crippen molar-refractivity contribution in [1.29, 1.82) is 0 Å². The zero-order valence-corrected chi connectivity index (χ0v) is 18.0. The van der Waals surface area contributed by atoms with Gasteiger partial charge in [-0.05, 0) is 61.8 Å². The van der Waals surface area contributed by atoms with Gasteiger partial charge in [-0.15, -0.1) is 0 Å².